The molecule has 3 nitrogen and oxygen atoms in total. The Kier molecular flexibility index (Phi) is 7.42. The van der Waals surface area contributed by atoms with E-state index in [1.54, 1.807) is 0 Å². The number of rotatable bonds is 7. The van der Waals surface area contributed by atoms with Crippen LogP contribution in [0.15, 0.2) is 109 Å². The number of hydrogen-bond donors (Lipinski definition) is 0. The van der Waals surface area contributed by atoms with Crippen LogP contribution in [-0.4, -0.2) is 19.9 Å². The molecule has 0 bridgehead atoms. The molecule has 0 fully saturated rings. The fraction of sp³-hybridized carbons (Fsp3) is 0.270. The number of anilines is 2. The molecule has 0 unspecified atom stereocenters. The van der Waals surface area contributed by atoms with E-state index in [1.807, 2.05) is 0 Å². The fourth-order valence-corrected chi connectivity index (χ4v) is 6.28. The molecule has 4 aromatic carbocycles. The van der Waals surface area contributed by atoms with Gasteiger partial charge in [0.05, 0.1) is 5.69 Å². The predicted molar refractivity (Wildman–Crippen MR) is 172 cm³/mol. The second-order valence-corrected chi connectivity index (χ2v) is 12.2. The smallest absolute Gasteiger partial charge is 0.121 e. The summed E-state index contributed by atoms with van der Waals surface area (Å²) in [7, 11) is 2.15. The van der Waals surface area contributed by atoms with E-state index >= 15 is 0 Å². The van der Waals surface area contributed by atoms with Crippen LogP contribution in [0.25, 0.3) is 21.5 Å². The highest BCUT2D eigenvalue weighted by Crippen LogP contribution is 2.47. The highest BCUT2D eigenvalue weighted by molar-refractivity contribution is 6.15. The van der Waals surface area contributed by atoms with Gasteiger partial charge in [-0.3, -0.25) is 0 Å². The molecule has 0 spiro atoms. The zero-order valence-corrected chi connectivity index (χ0v) is 24.6. The minimum Gasteiger partial charge on any atom is -0.350 e. The topological polar surface area (TPSA) is 23.6 Å². The maximum atomic E-state index is 11.2. The molecule has 0 saturated carbocycles. The van der Waals surface area contributed by atoms with E-state index in [1.165, 1.54) is 49.7 Å². The van der Waals surface area contributed by atoms with Crippen molar-refractivity contribution in [2.24, 2.45) is 0 Å². The number of benzene rings is 4. The van der Waals surface area contributed by atoms with E-state index in [9.17, 15) is 4.79 Å². The van der Waals surface area contributed by atoms with Gasteiger partial charge in [-0.15, -0.1) is 0 Å². The number of fused-ring (bicyclic) bond motifs is 4. The minimum absolute atomic E-state index is 0.0324. The molecule has 0 atom stereocenters. The monoisotopic (exact) mass is 528 g/mol. The van der Waals surface area contributed by atoms with Gasteiger partial charge in [-0.25, -0.2) is 0 Å². The predicted octanol–water partition coefficient (Wildman–Crippen LogP) is 9.07. The summed E-state index contributed by atoms with van der Waals surface area (Å²) in [6.07, 6.45) is 12.2. The van der Waals surface area contributed by atoms with Crippen LogP contribution in [0.5, 0.6) is 0 Å². The molecule has 1 heterocycles. The highest BCUT2D eigenvalue weighted by atomic mass is 16.1. The normalized spacial score (nSPS) is 16.1. The number of carbonyl (C=O) groups is 1. The molecule has 5 rings (SSSR count). The van der Waals surface area contributed by atoms with E-state index in [4.69, 9.17) is 0 Å². The van der Waals surface area contributed by atoms with Gasteiger partial charge < -0.3 is 14.6 Å². The van der Waals surface area contributed by atoms with Gasteiger partial charge in [0.25, 0.3) is 0 Å². The van der Waals surface area contributed by atoms with Crippen molar-refractivity contribution < 1.29 is 4.79 Å². The Balaban J connectivity index is 1.50. The van der Waals surface area contributed by atoms with E-state index in [0.717, 1.165) is 6.29 Å². The van der Waals surface area contributed by atoms with Crippen LogP contribution in [0.2, 0.25) is 0 Å². The number of nitrogens with zero attached hydrogens (tertiary/aromatic N) is 2. The SMILES string of the molecule is CN(/C=C/C=C/C=C1\N(CCC=O)c2ccccc2C1(C)C)c1c(C(C)(C)C)c2ccccc2c2ccccc12. The zero-order valence-electron chi connectivity index (χ0n) is 24.6. The van der Waals surface area contributed by atoms with Crippen molar-refractivity contribution in [3.8, 4) is 0 Å². The van der Waals surface area contributed by atoms with Crippen molar-refractivity contribution in [2.75, 3.05) is 23.4 Å². The summed E-state index contributed by atoms with van der Waals surface area (Å²) < 4.78 is 0. The molecule has 40 heavy (non-hydrogen) atoms. The van der Waals surface area contributed by atoms with Gasteiger partial charge in [0.2, 0.25) is 0 Å². The molecule has 1 aliphatic heterocycles. The third kappa shape index (κ3) is 4.86. The summed E-state index contributed by atoms with van der Waals surface area (Å²) in [6, 6.07) is 26.0. The number of allylic oxidation sites excluding steroid dienone is 5. The summed E-state index contributed by atoms with van der Waals surface area (Å²) in [4.78, 5) is 15.7. The molecule has 204 valence electrons. The fourth-order valence-electron chi connectivity index (χ4n) is 6.28. The maximum absolute atomic E-state index is 11.2. The van der Waals surface area contributed by atoms with Crippen molar-refractivity contribution in [2.45, 2.75) is 51.9 Å². The van der Waals surface area contributed by atoms with Gasteiger partial charge in [0, 0.05) is 48.4 Å². The van der Waals surface area contributed by atoms with Gasteiger partial charge in [0.15, 0.2) is 0 Å². The first-order valence-electron chi connectivity index (χ1n) is 14.2. The lowest BCUT2D eigenvalue weighted by atomic mass is 9.80. The molecule has 0 radical (unpaired) electrons. The van der Waals surface area contributed by atoms with Crippen molar-refractivity contribution in [1.29, 1.82) is 0 Å². The van der Waals surface area contributed by atoms with Crippen LogP contribution < -0.4 is 9.80 Å². The minimum atomic E-state index is -0.129. The van der Waals surface area contributed by atoms with Crippen molar-refractivity contribution >= 4 is 39.2 Å². The quantitative estimate of drug-likeness (QED) is 0.136. The molecule has 4 aromatic rings. The van der Waals surface area contributed by atoms with Crippen LogP contribution in [0.4, 0.5) is 11.4 Å². The summed E-state index contributed by atoms with van der Waals surface area (Å²) in [5.41, 5.74) is 6.15. The molecular formula is C37H40N2O. The van der Waals surface area contributed by atoms with E-state index in [2.05, 4.69) is 155 Å². The first kappa shape index (κ1) is 27.5. The molecule has 0 amide bonds. The van der Waals surface area contributed by atoms with Crippen molar-refractivity contribution in [1.82, 2.24) is 0 Å². The average Bonchev–Trinajstić information content (AvgIpc) is 3.15. The number of carbonyl (C=O) groups excluding carboxylic acids is 1. The van der Waals surface area contributed by atoms with Crippen molar-refractivity contribution in [3.05, 3.63) is 120 Å². The Morgan fingerprint density at radius 1 is 0.800 bits per heavy atom. The van der Waals surface area contributed by atoms with Gasteiger partial charge in [0.1, 0.15) is 6.29 Å². The van der Waals surface area contributed by atoms with Crippen LogP contribution >= 0.6 is 0 Å². The summed E-state index contributed by atoms with van der Waals surface area (Å²) in [5, 5.41) is 5.15. The van der Waals surface area contributed by atoms with Crippen LogP contribution in [0.1, 0.15) is 52.2 Å². The third-order valence-electron chi connectivity index (χ3n) is 8.06. The molecule has 0 N–H and O–H groups in total. The number of para-hydroxylation sites is 1. The third-order valence-corrected chi connectivity index (χ3v) is 8.06. The Morgan fingerprint density at radius 3 is 2.08 bits per heavy atom. The summed E-state index contributed by atoms with van der Waals surface area (Å²) in [5.74, 6) is 0. The summed E-state index contributed by atoms with van der Waals surface area (Å²) >= 11 is 0. The highest BCUT2D eigenvalue weighted by Gasteiger charge is 2.39. The first-order chi connectivity index (χ1) is 19.2. The summed E-state index contributed by atoms with van der Waals surface area (Å²) in [6.45, 7) is 12.1. The van der Waals surface area contributed by atoms with Gasteiger partial charge >= 0.3 is 0 Å². The van der Waals surface area contributed by atoms with E-state index < -0.39 is 0 Å². The molecule has 0 aliphatic carbocycles. The number of hydrogen-bond acceptors (Lipinski definition) is 3. The van der Waals surface area contributed by atoms with Crippen LogP contribution in [0.3, 0.4) is 0 Å². The molecule has 1 aliphatic rings. The standard InChI is InChI=1S/C37H40N2O/c1-36(2,3)34-29-19-11-9-17-27(29)28-18-10-12-20-30(28)35(34)38(6)24-15-7-8-23-33-37(4,5)31-21-13-14-22-32(31)39(33)25-16-26-40/h7-15,17-24,26H,16,25H2,1-6H3/b8-7+,24-15+,33-23-. The lowest BCUT2D eigenvalue weighted by molar-refractivity contribution is -0.107. The molecule has 0 aromatic heterocycles. The van der Waals surface area contributed by atoms with E-state index in [-0.39, 0.29) is 10.8 Å². The molecular weight excluding hydrogens is 488 g/mol. The second kappa shape index (κ2) is 10.8. The van der Waals surface area contributed by atoms with Crippen molar-refractivity contribution in [3.63, 3.8) is 0 Å². The van der Waals surface area contributed by atoms with Gasteiger partial charge in [-0.05, 0) is 50.9 Å². The van der Waals surface area contributed by atoms with E-state index in [0.29, 0.717) is 13.0 Å². The lowest BCUT2D eigenvalue weighted by Gasteiger charge is -2.30. The average molecular weight is 529 g/mol. The molecule has 0 saturated heterocycles. The Morgan fingerprint density at radius 2 is 1.40 bits per heavy atom. The second-order valence-electron chi connectivity index (χ2n) is 12.2. The largest absolute Gasteiger partial charge is 0.350 e. The zero-order chi connectivity index (χ0) is 28.5. The lowest BCUT2D eigenvalue weighted by Crippen LogP contribution is -2.27. The Labute approximate surface area is 239 Å². The van der Waals surface area contributed by atoms with Gasteiger partial charge in [-0.1, -0.05) is 114 Å². The number of aldehydes is 1. The van der Waals surface area contributed by atoms with Crippen LogP contribution in [0, 0.1) is 0 Å². The first-order valence-corrected chi connectivity index (χ1v) is 14.2. The van der Waals surface area contributed by atoms with Crippen LogP contribution in [-0.2, 0) is 15.6 Å². The Hall–Kier alpha value is -4.11. The molecule has 3 heteroatoms. The Bertz CT molecular complexity index is 1650. The van der Waals surface area contributed by atoms with Gasteiger partial charge in [-0.2, -0.15) is 0 Å². The maximum Gasteiger partial charge on any atom is 0.121 e.